The molecule has 0 amide bonds. The van der Waals surface area contributed by atoms with Crippen LogP contribution in [0, 0.1) is 5.41 Å². The molecule has 0 rings (SSSR count). The number of rotatable bonds is 7. The lowest BCUT2D eigenvalue weighted by Gasteiger charge is -2.39. The summed E-state index contributed by atoms with van der Waals surface area (Å²) in [5.41, 5.74) is -1.02. The molecule has 0 saturated heterocycles. The van der Waals surface area contributed by atoms with Gasteiger partial charge in [-0.3, -0.25) is 4.79 Å². The van der Waals surface area contributed by atoms with Crippen LogP contribution in [0.25, 0.3) is 0 Å². The van der Waals surface area contributed by atoms with Gasteiger partial charge in [-0.25, -0.2) is 0 Å². The van der Waals surface area contributed by atoms with Crippen molar-refractivity contribution in [2.75, 3.05) is 13.7 Å². The molecule has 4 nitrogen and oxygen atoms in total. The van der Waals surface area contributed by atoms with E-state index in [1.165, 1.54) is 7.11 Å². The van der Waals surface area contributed by atoms with Crippen molar-refractivity contribution < 1.29 is 19.1 Å². The Balaban J connectivity index is 4.92. The van der Waals surface area contributed by atoms with E-state index in [1.807, 2.05) is 0 Å². The highest BCUT2D eigenvalue weighted by Crippen LogP contribution is 2.37. The van der Waals surface area contributed by atoms with Crippen molar-refractivity contribution >= 4 is 14.3 Å². The van der Waals surface area contributed by atoms with E-state index in [0.29, 0.717) is 6.42 Å². The first-order valence-corrected chi connectivity index (χ1v) is 9.84. The Morgan fingerprint density at radius 2 is 1.85 bits per heavy atom. The minimum Gasteiger partial charge on any atom is -0.469 e. The summed E-state index contributed by atoms with van der Waals surface area (Å²) in [6.45, 7) is 16.1. The second-order valence-corrected chi connectivity index (χ2v) is 11.8. The molecule has 5 heteroatoms. The molecule has 0 radical (unpaired) electrons. The van der Waals surface area contributed by atoms with Gasteiger partial charge in [-0.2, -0.15) is 0 Å². The molecule has 1 unspecified atom stereocenters. The van der Waals surface area contributed by atoms with Crippen LogP contribution in [0.4, 0.5) is 0 Å². The van der Waals surface area contributed by atoms with Crippen molar-refractivity contribution in [1.29, 1.82) is 0 Å². The third-order valence-electron chi connectivity index (χ3n) is 4.36. The zero-order valence-electron chi connectivity index (χ0n) is 13.9. The van der Waals surface area contributed by atoms with Crippen LogP contribution in [-0.2, 0) is 14.0 Å². The Labute approximate surface area is 124 Å². The van der Waals surface area contributed by atoms with Crippen molar-refractivity contribution in [3.05, 3.63) is 12.7 Å². The number of hydrogen-bond donors (Lipinski definition) is 1. The van der Waals surface area contributed by atoms with E-state index in [2.05, 4.69) is 40.4 Å². The normalized spacial score (nSPS) is 17.2. The van der Waals surface area contributed by atoms with E-state index < -0.39 is 25.8 Å². The van der Waals surface area contributed by atoms with Gasteiger partial charge in [0, 0.05) is 0 Å². The van der Waals surface area contributed by atoms with Gasteiger partial charge in [0.05, 0.1) is 25.2 Å². The number of carbonyl (C=O) groups excluding carboxylic acids is 1. The molecule has 2 atom stereocenters. The molecule has 0 aliphatic rings. The monoisotopic (exact) mass is 302 g/mol. The molecule has 0 bridgehead atoms. The number of ether oxygens (including phenoxy) is 1. The second-order valence-electron chi connectivity index (χ2n) is 6.99. The van der Waals surface area contributed by atoms with Gasteiger partial charge in [0.15, 0.2) is 8.32 Å². The van der Waals surface area contributed by atoms with E-state index in [9.17, 15) is 9.90 Å². The molecule has 0 aliphatic carbocycles. The van der Waals surface area contributed by atoms with Crippen molar-refractivity contribution in [1.82, 2.24) is 0 Å². The van der Waals surface area contributed by atoms with Crippen molar-refractivity contribution in [2.24, 2.45) is 5.41 Å². The first kappa shape index (κ1) is 19.3. The van der Waals surface area contributed by atoms with E-state index in [-0.39, 0.29) is 11.6 Å². The molecule has 20 heavy (non-hydrogen) atoms. The zero-order chi connectivity index (χ0) is 16.2. The molecule has 0 aliphatic heterocycles. The number of hydrogen-bond acceptors (Lipinski definition) is 4. The SMILES string of the molecule is C=CCC(C)(C(=O)OC)[C@H](O)CO[Si](C)(C)C(C)(C)C. The summed E-state index contributed by atoms with van der Waals surface area (Å²) in [6.07, 6.45) is 1.05. The van der Waals surface area contributed by atoms with Crippen LogP contribution in [0.5, 0.6) is 0 Å². The molecule has 0 fully saturated rings. The lowest BCUT2D eigenvalue weighted by Crippen LogP contribution is -2.48. The smallest absolute Gasteiger partial charge is 0.314 e. The summed E-state index contributed by atoms with van der Waals surface area (Å²) in [4.78, 5) is 11.9. The molecule has 0 heterocycles. The lowest BCUT2D eigenvalue weighted by atomic mass is 9.81. The Morgan fingerprint density at radius 1 is 1.35 bits per heavy atom. The van der Waals surface area contributed by atoms with E-state index in [4.69, 9.17) is 9.16 Å². The molecule has 0 spiro atoms. The topological polar surface area (TPSA) is 55.8 Å². The highest BCUT2D eigenvalue weighted by atomic mass is 28.4. The van der Waals surface area contributed by atoms with Crippen LogP contribution in [0.15, 0.2) is 12.7 Å². The van der Waals surface area contributed by atoms with Crippen molar-refractivity contribution in [3.63, 3.8) is 0 Å². The fourth-order valence-electron chi connectivity index (χ4n) is 1.58. The molecular formula is C15H30O4Si. The van der Waals surface area contributed by atoms with Gasteiger partial charge < -0.3 is 14.3 Å². The number of esters is 1. The molecule has 118 valence electrons. The van der Waals surface area contributed by atoms with Gasteiger partial charge in [-0.1, -0.05) is 26.8 Å². The first-order chi connectivity index (χ1) is 8.92. The Morgan fingerprint density at radius 3 is 2.20 bits per heavy atom. The minimum absolute atomic E-state index is 0.0623. The Hall–Kier alpha value is -0.653. The third-order valence-corrected chi connectivity index (χ3v) is 8.86. The van der Waals surface area contributed by atoms with Gasteiger partial charge in [0.25, 0.3) is 0 Å². The predicted molar refractivity (Wildman–Crippen MR) is 84.1 cm³/mol. The Kier molecular flexibility index (Phi) is 6.65. The average Bonchev–Trinajstić information content (AvgIpc) is 2.33. The van der Waals surface area contributed by atoms with Gasteiger partial charge in [0.1, 0.15) is 0 Å². The number of methoxy groups -OCH3 is 1. The molecule has 0 aromatic rings. The molecule has 0 aromatic heterocycles. The summed E-state index contributed by atoms with van der Waals surface area (Å²) >= 11 is 0. The Bertz CT molecular complexity index is 346. The highest BCUT2D eigenvalue weighted by Gasteiger charge is 2.43. The van der Waals surface area contributed by atoms with Crippen LogP contribution in [-0.4, -0.2) is 39.2 Å². The first-order valence-electron chi connectivity index (χ1n) is 6.93. The maximum atomic E-state index is 11.9. The fraction of sp³-hybridized carbons (Fsp3) is 0.800. The molecule has 1 N–H and O–H groups in total. The largest absolute Gasteiger partial charge is 0.469 e. The average molecular weight is 302 g/mol. The van der Waals surface area contributed by atoms with Gasteiger partial charge in [0.2, 0.25) is 0 Å². The van der Waals surface area contributed by atoms with Crippen molar-refractivity contribution in [2.45, 2.75) is 58.4 Å². The van der Waals surface area contributed by atoms with Crippen LogP contribution < -0.4 is 0 Å². The minimum atomic E-state index is -1.95. The van der Waals surface area contributed by atoms with Crippen molar-refractivity contribution in [3.8, 4) is 0 Å². The number of carbonyl (C=O) groups is 1. The quantitative estimate of drug-likeness (QED) is 0.446. The number of allylic oxidation sites excluding steroid dienone is 1. The van der Waals surface area contributed by atoms with E-state index in [0.717, 1.165) is 0 Å². The summed E-state index contributed by atoms with van der Waals surface area (Å²) in [5, 5.41) is 10.4. The standard InChI is InChI=1S/C15H30O4Si/c1-9-10-15(5,13(17)18-6)12(16)11-19-20(7,8)14(2,3)4/h9,12,16H,1,10-11H2,2-8H3/t12-,15?/m1/s1. The second kappa shape index (κ2) is 6.87. The number of aliphatic hydroxyl groups excluding tert-OH is 1. The van der Waals surface area contributed by atoms with E-state index in [1.54, 1.807) is 13.0 Å². The van der Waals surface area contributed by atoms with Gasteiger partial charge in [-0.05, 0) is 31.5 Å². The molecule has 0 aromatic carbocycles. The van der Waals surface area contributed by atoms with Crippen LogP contribution in [0.3, 0.4) is 0 Å². The van der Waals surface area contributed by atoms with Gasteiger partial charge in [-0.15, -0.1) is 6.58 Å². The predicted octanol–water partition coefficient (Wildman–Crippen LogP) is 3.12. The summed E-state index contributed by atoms with van der Waals surface area (Å²) in [5.74, 6) is -0.441. The summed E-state index contributed by atoms with van der Waals surface area (Å²) in [7, 11) is -0.628. The highest BCUT2D eigenvalue weighted by molar-refractivity contribution is 6.74. The van der Waals surface area contributed by atoms with Crippen LogP contribution >= 0.6 is 0 Å². The molecule has 0 saturated carbocycles. The summed E-state index contributed by atoms with van der Waals surface area (Å²) in [6, 6.07) is 0. The lowest BCUT2D eigenvalue weighted by molar-refractivity contribution is -0.160. The maximum absolute atomic E-state index is 11.9. The molecular weight excluding hydrogens is 272 g/mol. The summed E-state index contributed by atoms with van der Waals surface area (Å²) < 4.78 is 10.8. The number of aliphatic hydroxyl groups is 1. The fourth-order valence-corrected chi connectivity index (χ4v) is 2.58. The van der Waals surface area contributed by atoms with E-state index >= 15 is 0 Å². The maximum Gasteiger partial charge on any atom is 0.314 e. The van der Waals surface area contributed by atoms with Crippen LogP contribution in [0.1, 0.15) is 34.1 Å². The van der Waals surface area contributed by atoms with Crippen LogP contribution in [0.2, 0.25) is 18.1 Å². The third kappa shape index (κ3) is 4.43. The zero-order valence-corrected chi connectivity index (χ0v) is 14.9. The van der Waals surface area contributed by atoms with Gasteiger partial charge >= 0.3 is 5.97 Å².